The average molecular weight is 291 g/mol. The van der Waals surface area contributed by atoms with E-state index in [-0.39, 0.29) is 6.04 Å². The van der Waals surface area contributed by atoms with Crippen LogP contribution in [0.25, 0.3) is 10.9 Å². The van der Waals surface area contributed by atoms with Gasteiger partial charge in [0.05, 0.1) is 39.6 Å². The Morgan fingerprint density at radius 1 is 1.24 bits per heavy atom. The molecule has 2 heterocycles. The molecule has 0 saturated carbocycles. The van der Waals surface area contributed by atoms with Gasteiger partial charge < -0.3 is 24.6 Å². The predicted octanol–water partition coefficient (Wildman–Crippen LogP) is 0.819. The Balaban J connectivity index is 2.03. The van der Waals surface area contributed by atoms with Gasteiger partial charge in [0.2, 0.25) is 0 Å². The molecular weight excluding hydrogens is 274 g/mol. The topological polar surface area (TPSA) is 85.7 Å². The molecule has 7 heteroatoms. The van der Waals surface area contributed by atoms with Crippen molar-refractivity contribution >= 4 is 16.7 Å². The highest BCUT2D eigenvalue weighted by molar-refractivity contribution is 5.94. The molecule has 0 unspecified atom stereocenters. The SMILES string of the molecule is COc1ccc2c(N[C@@H]3COC[C@H]3O)ncnc2c1OC. The summed E-state index contributed by atoms with van der Waals surface area (Å²) in [5.74, 6) is 1.80. The number of hydrogen-bond donors (Lipinski definition) is 2. The predicted molar refractivity (Wildman–Crippen MR) is 76.9 cm³/mol. The van der Waals surface area contributed by atoms with E-state index in [1.165, 1.54) is 6.33 Å². The van der Waals surface area contributed by atoms with Crippen molar-refractivity contribution in [3.63, 3.8) is 0 Å². The molecule has 2 atom stereocenters. The van der Waals surface area contributed by atoms with Crippen LogP contribution in [0.2, 0.25) is 0 Å². The first kappa shape index (κ1) is 13.8. The lowest BCUT2D eigenvalue weighted by atomic mass is 10.1. The van der Waals surface area contributed by atoms with Crippen molar-refractivity contribution in [3.8, 4) is 11.5 Å². The quantitative estimate of drug-likeness (QED) is 0.862. The number of aliphatic hydroxyl groups is 1. The highest BCUT2D eigenvalue weighted by Gasteiger charge is 2.27. The molecular formula is C14H17N3O4. The number of rotatable bonds is 4. The smallest absolute Gasteiger partial charge is 0.187 e. The van der Waals surface area contributed by atoms with E-state index in [9.17, 15) is 5.11 Å². The largest absolute Gasteiger partial charge is 0.493 e. The van der Waals surface area contributed by atoms with Crippen molar-refractivity contribution in [3.05, 3.63) is 18.5 Å². The first-order valence-corrected chi connectivity index (χ1v) is 6.62. The first-order valence-electron chi connectivity index (χ1n) is 6.62. The number of nitrogens with one attached hydrogen (secondary N) is 1. The first-order chi connectivity index (χ1) is 10.2. The molecule has 2 N–H and O–H groups in total. The molecule has 1 saturated heterocycles. The number of nitrogens with zero attached hydrogens (tertiary/aromatic N) is 2. The van der Waals surface area contributed by atoms with E-state index in [0.717, 1.165) is 5.39 Å². The zero-order chi connectivity index (χ0) is 14.8. The molecule has 0 radical (unpaired) electrons. The zero-order valence-corrected chi connectivity index (χ0v) is 11.9. The molecule has 1 aromatic carbocycles. The fourth-order valence-corrected chi connectivity index (χ4v) is 2.42. The monoisotopic (exact) mass is 291 g/mol. The molecule has 21 heavy (non-hydrogen) atoms. The van der Waals surface area contributed by atoms with Gasteiger partial charge in [0.25, 0.3) is 0 Å². The molecule has 0 aliphatic carbocycles. The number of fused-ring (bicyclic) bond motifs is 1. The summed E-state index contributed by atoms with van der Waals surface area (Å²) in [7, 11) is 3.15. The maximum Gasteiger partial charge on any atom is 0.187 e. The third kappa shape index (κ3) is 2.45. The van der Waals surface area contributed by atoms with Crippen molar-refractivity contribution in [2.75, 3.05) is 32.8 Å². The molecule has 1 aliphatic rings. The Bertz CT molecular complexity index is 649. The van der Waals surface area contributed by atoms with Crippen LogP contribution in [0.1, 0.15) is 0 Å². The molecule has 2 aromatic rings. The van der Waals surface area contributed by atoms with Gasteiger partial charge in [0.15, 0.2) is 11.5 Å². The second-order valence-corrected chi connectivity index (χ2v) is 4.78. The molecule has 1 aromatic heterocycles. The van der Waals surface area contributed by atoms with Gasteiger partial charge in [0.1, 0.15) is 17.7 Å². The number of benzene rings is 1. The van der Waals surface area contributed by atoms with Crippen LogP contribution in [-0.4, -0.2) is 54.7 Å². The Morgan fingerprint density at radius 3 is 2.76 bits per heavy atom. The Kier molecular flexibility index (Phi) is 3.76. The minimum atomic E-state index is -0.546. The Labute approximate surface area is 121 Å². The third-order valence-corrected chi connectivity index (χ3v) is 3.52. The molecule has 0 bridgehead atoms. The lowest BCUT2D eigenvalue weighted by Crippen LogP contribution is -2.32. The average Bonchev–Trinajstić information content (AvgIpc) is 2.91. The van der Waals surface area contributed by atoms with E-state index in [2.05, 4.69) is 15.3 Å². The Hall–Kier alpha value is -2.12. The molecule has 3 rings (SSSR count). The van der Waals surface area contributed by atoms with Crippen LogP contribution in [0, 0.1) is 0 Å². The summed E-state index contributed by atoms with van der Waals surface area (Å²) < 4.78 is 15.9. The fourth-order valence-electron chi connectivity index (χ4n) is 2.42. The summed E-state index contributed by atoms with van der Waals surface area (Å²) in [6, 6.07) is 3.48. The van der Waals surface area contributed by atoms with Gasteiger partial charge in [-0.15, -0.1) is 0 Å². The van der Waals surface area contributed by atoms with Gasteiger partial charge in [-0.1, -0.05) is 0 Å². The fraction of sp³-hybridized carbons (Fsp3) is 0.429. The van der Waals surface area contributed by atoms with Gasteiger partial charge in [-0.05, 0) is 12.1 Å². The summed E-state index contributed by atoms with van der Waals surface area (Å²) >= 11 is 0. The minimum Gasteiger partial charge on any atom is -0.493 e. The van der Waals surface area contributed by atoms with Crippen molar-refractivity contribution in [2.45, 2.75) is 12.1 Å². The highest BCUT2D eigenvalue weighted by Crippen LogP contribution is 2.36. The lowest BCUT2D eigenvalue weighted by Gasteiger charge is -2.17. The lowest BCUT2D eigenvalue weighted by molar-refractivity contribution is 0.125. The van der Waals surface area contributed by atoms with E-state index >= 15 is 0 Å². The van der Waals surface area contributed by atoms with Gasteiger partial charge >= 0.3 is 0 Å². The molecule has 7 nitrogen and oxygen atoms in total. The summed E-state index contributed by atoms with van der Waals surface area (Å²) in [5.41, 5.74) is 0.655. The summed E-state index contributed by atoms with van der Waals surface area (Å²) in [6.45, 7) is 0.776. The Morgan fingerprint density at radius 2 is 2.10 bits per heavy atom. The number of anilines is 1. The number of aliphatic hydroxyl groups excluding tert-OH is 1. The third-order valence-electron chi connectivity index (χ3n) is 3.52. The van der Waals surface area contributed by atoms with E-state index in [1.54, 1.807) is 20.3 Å². The van der Waals surface area contributed by atoms with Crippen molar-refractivity contribution in [2.24, 2.45) is 0 Å². The van der Waals surface area contributed by atoms with E-state index in [4.69, 9.17) is 14.2 Å². The van der Waals surface area contributed by atoms with Crippen molar-refractivity contribution in [1.82, 2.24) is 9.97 Å². The van der Waals surface area contributed by atoms with Crippen LogP contribution in [0.4, 0.5) is 5.82 Å². The van der Waals surface area contributed by atoms with Crippen LogP contribution in [0.3, 0.4) is 0 Å². The number of aromatic nitrogens is 2. The molecule has 1 fully saturated rings. The minimum absolute atomic E-state index is 0.184. The zero-order valence-electron chi connectivity index (χ0n) is 11.9. The normalized spacial score (nSPS) is 21.5. The van der Waals surface area contributed by atoms with Crippen molar-refractivity contribution < 1.29 is 19.3 Å². The van der Waals surface area contributed by atoms with E-state index in [0.29, 0.717) is 36.0 Å². The van der Waals surface area contributed by atoms with Crippen LogP contribution in [0.15, 0.2) is 18.5 Å². The van der Waals surface area contributed by atoms with E-state index in [1.807, 2.05) is 6.07 Å². The van der Waals surface area contributed by atoms with Gasteiger partial charge in [-0.2, -0.15) is 0 Å². The number of ether oxygens (including phenoxy) is 3. The standard InChI is InChI=1S/C14H17N3O4/c1-19-11-4-3-8-12(13(11)20-2)15-7-16-14(8)17-9-5-21-6-10(9)18/h3-4,7,9-10,18H,5-6H2,1-2H3,(H,15,16,17)/t9-,10-/m1/s1. The van der Waals surface area contributed by atoms with Gasteiger partial charge in [-0.3, -0.25) is 0 Å². The van der Waals surface area contributed by atoms with Crippen LogP contribution >= 0.6 is 0 Å². The van der Waals surface area contributed by atoms with E-state index < -0.39 is 6.10 Å². The summed E-state index contributed by atoms with van der Waals surface area (Å²) in [6.07, 6.45) is 0.907. The number of methoxy groups -OCH3 is 2. The molecule has 1 aliphatic heterocycles. The maximum atomic E-state index is 9.83. The summed E-state index contributed by atoms with van der Waals surface area (Å²) in [4.78, 5) is 8.52. The van der Waals surface area contributed by atoms with Crippen LogP contribution in [-0.2, 0) is 4.74 Å². The molecule has 0 amide bonds. The maximum absolute atomic E-state index is 9.83. The van der Waals surface area contributed by atoms with Crippen LogP contribution < -0.4 is 14.8 Å². The second-order valence-electron chi connectivity index (χ2n) is 4.78. The molecule has 0 spiro atoms. The molecule has 112 valence electrons. The van der Waals surface area contributed by atoms with Gasteiger partial charge in [0, 0.05) is 5.39 Å². The van der Waals surface area contributed by atoms with Crippen LogP contribution in [0.5, 0.6) is 11.5 Å². The summed E-state index contributed by atoms with van der Waals surface area (Å²) in [5, 5.41) is 13.8. The number of hydrogen-bond acceptors (Lipinski definition) is 7. The van der Waals surface area contributed by atoms with Gasteiger partial charge in [-0.25, -0.2) is 9.97 Å². The van der Waals surface area contributed by atoms with Crippen molar-refractivity contribution in [1.29, 1.82) is 0 Å². The highest BCUT2D eigenvalue weighted by atomic mass is 16.5. The second kappa shape index (κ2) is 5.71.